The van der Waals surface area contributed by atoms with Gasteiger partial charge in [0.1, 0.15) is 23.5 Å². The molecule has 0 unspecified atom stereocenters. The maximum atomic E-state index is 12.7. The minimum absolute atomic E-state index is 0.148. The maximum Gasteiger partial charge on any atom is 0.275 e. The van der Waals surface area contributed by atoms with Gasteiger partial charge in [0.15, 0.2) is 0 Å². The Labute approximate surface area is 160 Å². The van der Waals surface area contributed by atoms with E-state index in [9.17, 15) is 9.59 Å². The highest BCUT2D eigenvalue weighted by Crippen LogP contribution is 2.20. The van der Waals surface area contributed by atoms with Crippen molar-refractivity contribution in [2.75, 3.05) is 12.4 Å². The largest absolute Gasteiger partial charge is 0.355 e. The van der Waals surface area contributed by atoms with Crippen LogP contribution in [-0.4, -0.2) is 43.0 Å². The van der Waals surface area contributed by atoms with Crippen LogP contribution in [0.2, 0.25) is 0 Å². The molecule has 3 heterocycles. The molecule has 9 heteroatoms. The highest BCUT2D eigenvalue weighted by atomic mass is 16.2. The van der Waals surface area contributed by atoms with Gasteiger partial charge in [-0.15, -0.1) is 0 Å². The van der Waals surface area contributed by atoms with Gasteiger partial charge in [-0.25, -0.2) is 9.97 Å². The molecule has 0 aliphatic carbocycles. The maximum absolute atomic E-state index is 12.7. The Bertz CT molecular complexity index is 1180. The standard InChI is InChI=1S/C19H17N7O2/c1-20-18(27)13-9-22-25(2)17(13)19(28)24-15-8-16-23-14(10-26(16)11-21-15)12-6-4-3-5-7-12/h3-11H,1-2H3,(H,20,27)(H,24,28). The molecule has 28 heavy (non-hydrogen) atoms. The van der Waals surface area contributed by atoms with Crippen molar-refractivity contribution in [1.82, 2.24) is 29.5 Å². The second-order valence-electron chi connectivity index (χ2n) is 6.10. The molecule has 0 atom stereocenters. The number of hydrogen-bond acceptors (Lipinski definition) is 5. The Kier molecular flexibility index (Phi) is 4.32. The minimum atomic E-state index is -0.481. The Hall–Kier alpha value is -4.01. The van der Waals surface area contributed by atoms with Gasteiger partial charge >= 0.3 is 0 Å². The SMILES string of the molecule is CNC(=O)c1cnn(C)c1C(=O)Nc1cc2nc(-c3ccccc3)cn2cn1. The summed E-state index contributed by atoms with van der Waals surface area (Å²) in [4.78, 5) is 33.5. The molecule has 9 nitrogen and oxygen atoms in total. The fourth-order valence-electron chi connectivity index (χ4n) is 2.89. The molecular formula is C19H17N7O2. The third-order valence-corrected chi connectivity index (χ3v) is 4.28. The number of rotatable bonds is 4. The highest BCUT2D eigenvalue weighted by molar-refractivity contribution is 6.10. The molecule has 3 aromatic heterocycles. The first kappa shape index (κ1) is 17.4. The molecule has 4 aromatic rings. The van der Waals surface area contributed by atoms with Crippen LogP contribution in [0.25, 0.3) is 16.9 Å². The zero-order valence-electron chi connectivity index (χ0n) is 15.2. The van der Waals surface area contributed by atoms with E-state index in [0.29, 0.717) is 11.5 Å². The monoisotopic (exact) mass is 375 g/mol. The first-order valence-corrected chi connectivity index (χ1v) is 8.52. The van der Waals surface area contributed by atoms with E-state index in [1.54, 1.807) is 23.8 Å². The fourth-order valence-corrected chi connectivity index (χ4v) is 2.89. The highest BCUT2D eigenvalue weighted by Gasteiger charge is 2.22. The molecule has 2 amide bonds. The van der Waals surface area contributed by atoms with E-state index in [4.69, 9.17) is 0 Å². The van der Waals surface area contributed by atoms with Crippen molar-refractivity contribution in [2.45, 2.75) is 0 Å². The number of imidazole rings is 1. The molecule has 0 aliphatic heterocycles. The number of nitrogens with zero attached hydrogens (tertiary/aromatic N) is 5. The van der Waals surface area contributed by atoms with E-state index >= 15 is 0 Å². The number of anilines is 1. The summed E-state index contributed by atoms with van der Waals surface area (Å²) in [5.74, 6) is -0.542. The van der Waals surface area contributed by atoms with Gasteiger partial charge in [0, 0.05) is 31.9 Å². The van der Waals surface area contributed by atoms with E-state index in [-0.39, 0.29) is 17.2 Å². The van der Waals surface area contributed by atoms with E-state index in [2.05, 4.69) is 25.7 Å². The van der Waals surface area contributed by atoms with Crippen LogP contribution >= 0.6 is 0 Å². The molecular weight excluding hydrogens is 358 g/mol. The second-order valence-corrected chi connectivity index (χ2v) is 6.10. The molecule has 2 N–H and O–H groups in total. The second kappa shape index (κ2) is 6.95. The van der Waals surface area contributed by atoms with Gasteiger partial charge in [-0.2, -0.15) is 5.10 Å². The zero-order valence-corrected chi connectivity index (χ0v) is 15.2. The number of fused-ring (bicyclic) bond motifs is 1. The molecule has 0 spiro atoms. The van der Waals surface area contributed by atoms with Gasteiger partial charge in [-0.1, -0.05) is 30.3 Å². The first-order chi connectivity index (χ1) is 13.6. The van der Waals surface area contributed by atoms with Crippen LogP contribution in [0.3, 0.4) is 0 Å². The van der Waals surface area contributed by atoms with Gasteiger partial charge in [0.25, 0.3) is 11.8 Å². The quantitative estimate of drug-likeness (QED) is 0.565. The van der Waals surface area contributed by atoms with E-state index in [1.165, 1.54) is 17.9 Å². The number of benzene rings is 1. The zero-order chi connectivity index (χ0) is 19.7. The molecule has 1 aromatic carbocycles. The average Bonchev–Trinajstić information content (AvgIpc) is 3.31. The van der Waals surface area contributed by atoms with Crippen molar-refractivity contribution < 1.29 is 9.59 Å². The van der Waals surface area contributed by atoms with Crippen molar-refractivity contribution in [3.63, 3.8) is 0 Å². The predicted octanol–water partition coefficient (Wildman–Crippen LogP) is 1.74. The first-order valence-electron chi connectivity index (χ1n) is 8.52. The van der Waals surface area contributed by atoms with Gasteiger partial charge < -0.3 is 10.6 Å². The molecule has 0 radical (unpaired) electrons. The topological polar surface area (TPSA) is 106 Å². The smallest absolute Gasteiger partial charge is 0.275 e. The summed E-state index contributed by atoms with van der Waals surface area (Å²) in [6, 6.07) is 11.4. The number of nitrogens with one attached hydrogen (secondary N) is 2. The predicted molar refractivity (Wildman–Crippen MR) is 103 cm³/mol. The van der Waals surface area contributed by atoms with Crippen molar-refractivity contribution in [1.29, 1.82) is 0 Å². The van der Waals surface area contributed by atoms with Crippen LogP contribution in [-0.2, 0) is 7.05 Å². The minimum Gasteiger partial charge on any atom is -0.355 e. The molecule has 4 rings (SSSR count). The Morgan fingerprint density at radius 2 is 1.89 bits per heavy atom. The van der Waals surface area contributed by atoms with Crippen LogP contribution < -0.4 is 10.6 Å². The molecule has 140 valence electrons. The fraction of sp³-hybridized carbons (Fsp3) is 0.105. The Balaban J connectivity index is 1.63. The van der Waals surface area contributed by atoms with E-state index in [1.807, 2.05) is 36.5 Å². The number of carbonyl (C=O) groups is 2. The summed E-state index contributed by atoms with van der Waals surface area (Å²) in [5, 5.41) is 9.19. The van der Waals surface area contributed by atoms with Crippen LogP contribution in [0.15, 0.2) is 55.1 Å². The number of amides is 2. The Morgan fingerprint density at radius 1 is 1.11 bits per heavy atom. The summed E-state index contributed by atoms with van der Waals surface area (Å²) < 4.78 is 3.12. The van der Waals surface area contributed by atoms with Crippen LogP contribution in [0.4, 0.5) is 5.82 Å². The van der Waals surface area contributed by atoms with Gasteiger partial charge in [-0.3, -0.25) is 18.7 Å². The van der Waals surface area contributed by atoms with Crippen molar-refractivity contribution in [3.05, 3.63) is 66.4 Å². The summed E-state index contributed by atoms with van der Waals surface area (Å²) in [7, 11) is 3.09. The lowest BCUT2D eigenvalue weighted by atomic mass is 10.2. The summed E-state index contributed by atoms with van der Waals surface area (Å²) in [6.45, 7) is 0. The van der Waals surface area contributed by atoms with Crippen molar-refractivity contribution in [2.24, 2.45) is 7.05 Å². The van der Waals surface area contributed by atoms with Gasteiger partial charge in [0.2, 0.25) is 0 Å². The van der Waals surface area contributed by atoms with Gasteiger partial charge in [-0.05, 0) is 0 Å². The Morgan fingerprint density at radius 3 is 2.64 bits per heavy atom. The molecule has 0 bridgehead atoms. The third kappa shape index (κ3) is 3.09. The van der Waals surface area contributed by atoms with Crippen LogP contribution in [0.1, 0.15) is 20.8 Å². The number of aromatic nitrogens is 5. The molecule has 0 aliphatic rings. The molecule has 0 saturated carbocycles. The lowest BCUT2D eigenvalue weighted by molar-refractivity contribution is 0.0946. The summed E-state index contributed by atoms with van der Waals surface area (Å²) in [5.41, 5.74) is 2.77. The lowest BCUT2D eigenvalue weighted by Crippen LogP contribution is -2.24. The number of carbonyl (C=O) groups excluding carboxylic acids is 2. The molecule has 0 saturated heterocycles. The summed E-state index contributed by atoms with van der Waals surface area (Å²) >= 11 is 0. The normalized spacial score (nSPS) is 10.8. The summed E-state index contributed by atoms with van der Waals surface area (Å²) in [6.07, 6.45) is 4.80. The molecule has 0 fully saturated rings. The number of aryl methyl sites for hydroxylation is 1. The van der Waals surface area contributed by atoms with Crippen LogP contribution in [0, 0.1) is 0 Å². The lowest BCUT2D eigenvalue weighted by Gasteiger charge is -2.07. The van der Waals surface area contributed by atoms with E-state index in [0.717, 1.165) is 11.3 Å². The number of hydrogen-bond donors (Lipinski definition) is 2. The van der Waals surface area contributed by atoms with Crippen LogP contribution in [0.5, 0.6) is 0 Å². The van der Waals surface area contributed by atoms with Crippen molar-refractivity contribution in [3.8, 4) is 11.3 Å². The van der Waals surface area contributed by atoms with Crippen molar-refractivity contribution >= 4 is 23.3 Å². The third-order valence-electron chi connectivity index (χ3n) is 4.28. The van der Waals surface area contributed by atoms with Gasteiger partial charge in [0.05, 0.1) is 17.5 Å². The average molecular weight is 375 g/mol. The van der Waals surface area contributed by atoms with E-state index < -0.39 is 5.91 Å².